The van der Waals surface area contributed by atoms with E-state index in [4.69, 9.17) is 73.7 Å². The van der Waals surface area contributed by atoms with Gasteiger partial charge < -0.3 is 95.6 Å². The lowest BCUT2D eigenvalue weighted by molar-refractivity contribution is -0.145. The average molecular weight is 1760 g/mol. The molecule has 0 spiro atoms. The number of fused-ring (bicyclic) bond motifs is 3. The molecule has 115 heavy (non-hydrogen) atoms. The molecule has 0 bridgehead atoms. The highest BCUT2D eigenvalue weighted by Crippen LogP contribution is 2.66. The Morgan fingerprint density at radius 1 is 0.522 bits per heavy atom. The molecule has 3 aliphatic heterocycles. The topological polar surface area (TPSA) is 692 Å². The van der Waals surface area contributed by atoms with E-state index in [-0.39, 0.29) is 70.9 Å². The van der Waals surface area contributed by atoms with Gasteiger partial charge in [0, 0.05) is 40.9 Å². The first-order valence-electron chi connectivity index (χ1n) is 34.3. The van der Waals surface area contributed by atoms with Crippen LogP contribution in [0.2, 0.25) is 0 Å². The number of anilines is 3. The molecule has 9 rings (SSSR count). The molecule has 3 saturated heterocycles. The van der Waals surface area contributed by atoms with E-state index < -0.39 is 165 Å². The summed E-state index contributed by atoms with van der Waals surface area (Å²) in [5.74, 6) is -1.12. The molecule has 3 fully saturated rings. The second-order valence-electron chi connectivity index (χ2n) is 27.3. The number of nitrogens with two attached hydrogens (primary N) is 3. The van der Waals surface area contributed by atoms with E-state index in [1.807, 2.05) is 12.1 Å². The van der Waals surface area contributed by atoms with Gasteiger partial charge in [-0.1, -0.05) is 65.1 Å². The van der Waals surface area contributed by atoms with E-state index in [2.05, 4.69) is 38.6 Å². The number of nitrogens with one attached hydrogen (secondary N) is 2. The maximum Gasteiger partial charge on any atom is 0.490 e. The zero-order valence-electron chi connectivity index (χ0n) is 63.0. The normalized spacial score (nSPS) is 25.4. The summed E-state index contributed by atoms with van der Waals surface area (Å²) in [6.45, 7) is 14.2. The molecule has 0 aromatic carbocycles. The number of nitrogens with zero attached hydrogens (tertiary/aromatic N) is 9. The van der Waals surface area contributed by atoms with Crippen molar-refractivity contribution in [2.45, 2.75) is 153 Å². The number of aliphatic hydroxyl groups excluding tert-OH is 6. The number of carbonyl (C=O) groups excluding carboxylic acids is 4. The monoisotopic (exact) mass is 1760 g/mol. The standard InChI is InChI=1S/C27H39N4O9PS2.C23H33N6O9P.C13H17N4O13P3/c1-25(2,3)23(34)42-13-11-37-41(36,38-12-14-43-24(35)26(4,5)6)39-15-19-21(32)22(33)27(16-28,40-19)20-8-7-18-17(29)9-10-30-31(18)20;1-5-35-21(32)13(3)27-39(34,28-14(4)22(33)36-6-2)37-11-17-19(30)20(31)23(12-24,38-17)18-8-7-16-15(25)9-10-26-29(16)18;14-6-13(10-2-1-8-7(15)3-4-16-17(8)10)12(19)11(18)9(28-13)5-27-32(23,24)30-33(25,26)29-31(20,21)22/h7-10,19,21-22,32-33H,11-15,29H2,1-6H3;7-10,13-14,17,19-20,30-31H,5-6,11,25H2,1-4H3,(H2,27,28,34);1-4,9,11-12,18-19H,5,15H2,(H,23,24)(H,25,26)(H2,20,21,22)/t19-,21-,22-,27+;13-,14-,17+,19+,20+,23-;9-,11-,12-,13+/m101/s1. The Balaban J connectivity index is 0.000000241. The van der Waals surface area contributed by atoms with Gasteiger partial charge >= 0.3 is 50.9 Å². The SMILES string of the molecule is CC(C)(C)C(=O)SCCOP(=O)(OCCSC(=O)C(C)(C)C)OC[C@H]1O[C@@](C#N)(c2ccc3c(N)ccnn23)[C@H](O)[C@@H]1O.CCOC(=O)[C@H](C)NP(=O)(N[C@@H](C)C(=O)OCC)OC[C@H]1O[C@@](C#N)(c2ccc3c(N)ccnn23)[C@H](O)[C@@H]1O.N#C[C@@]1(c2ccc3c(N)ccnn23)O[C@H](COP(=O)(O)OP(=O)(O)OP(=O)(O)O)[C@@H](O)[C@H]1O. The third kappa shape index (κ3) is 22.8. The fraction of sp³-hybridized carbons (Fsp3) is 0.556. The highest BCUT2D eigenvalue weighted by molar-refractivity contribution is 8.14. The van der Waals surface area contributed by atoms with Crippen LogP contribution in [0.3, 0.4) is 0 Å². The van der Waals surface area contributed by atoms with Crippen LogP contribution in [0.1, 0.15) is 86.3 Å². The number of rotatable bonds is 32. The van der Waals surface area contributed by atoms with Crippen molar-refractivity contribution >= 4 is 118 Å². The number of phosphoric ester groups is 2. The zero-order chi connectivity index (χ0) is 86.0. The number of nitrogen functional groups attached to an aromatic ring is 3. The first kappa shape index (κ1) is 95.3. The second-order valence-corrected chi connectivity index (χ2v) is 37.4. The van der Waals surface area contributed by atoms with Crippen molar-refractivity contribution < 1.29 is 147 Å². The van der Waals surface area contributed by atoms with Crippen molar-refractivity contribution in [3.63, 3.8) is 0 Å². The van der Waals surface area contributed by atoms with Gasteiger partial charge in [-0.25, -0.2) is 42.0 Å². The second kappa shape index (κ2) is 38.5. The van der Waals surface area contributed by atoms with Gasteiger partial charge in [-0.05, 0) is 82.3 Å². The van der Waals surface area contributed by atoms with Gasteiger partial charge in [0.25, 0.3) is 0 Å². The first-order chi connectivity index (χ1) is 53.5. The predicted molar refractivity (Wildman–Crippen MR) is 402 cm³/mol. The van der Waals surface area contributed by atoms with E-state index in [1.54, 1.807) is 85.7 Å². The predicted octanol–water partition coefficient (Wildman–Crippen LogP) is 2.59. The summed E-state index contributed by atoms with van der Waals surface area (Å²) in [7, 11) is -25.4. The molecule has 9 heterocycles. The van der Waals surface area contributed by atoms with Crippen LogP contribution in [0, 0.1) is 44.8 Å². The highest BCUT2D eigenvalue weighted by atomic mass is 32.2. The summed E-state index contributed by atoms with van der Waals surface area (Å²) in [6.07, 6.45) is -10.8. The largest absolute Gasteiger partial charge is 0.490 e. The van der Waals surface area contributed by atoms with Crippen LogP contribution in [0.5, 0.6) is 0 Å². The molecule has 6 aromatic heterocycles. The van der Waals surface area contributed by atoms with Crippen molar-refractivity contribution in [2.75, 3.05) is 75.0 Å². The molecule has 52 heteroatoms. The first-order valence-corrected chi connectivity index (χ1v) is 43.9. The minimum absolute atomic E-state index is 0.0420. The Kier molecular flexibility index (Phi) is 31.9. The highest BCUT2D eigenvalue weighted by Gasteiger charge is 2.61. The molecular formula is C63H89N14O31P5S2. The number of nitriles is 3. The molecule has 6 aromatic rings. The van der Waals surface area contributed by atoms with Gasteiger partial charge in [0.2, 0.25) is 16.8 Å². The molecule has 0 aliphatic carbocycles. The number of esters is 2. The van der Waals surface area contributed by atoms with Crippen molar-refractivity contribution in [1.29, 1.82) is 15.8 Å². The van der Waals surface area contributed by atoms with Gasteiger partial charge in [0.15, 0.2) is 10.2 Å². The van der Waals surface area contributed by atoms with Crippen LogP contribution in [0.4, 0.5) is 17.1 Å². The third-order valence-corrected chi connectivity index (χ3v) is 26.5. The minimum Gasteiger partial charge on any atom is -0.465 e. The molecule has 0 saturated carbocycles. The molecular weight excluding hydrogens is 1670 g/mol. The minimum atomic E-state index is -5.76. The average Bonchev–Trinajstić information content (AvgIpc) is 1.59. The zero-order valence-corrected chi connectivity index (χ0v) is 69.1. The Bertz CT molecular complexity index is 4800. The lowest BCUT2D eigenvalue weighted by Crippen LogP contribution is -2.43. The molecule has 18 N–H and O–H groups in total. The molecule has 3 aliphatic rings. The van der Waals surface area contributed by atoms with Crippen molar-refractivity contribution in [1.82, 2.24) is 39.0 Å². The Hall–Kier alpha value is -6.81. The third-order valence-electron chi connectivity index (χ3n) is 16.8. The van der Waals surface area contributed by atoms with E-state index in [9.17, 15) is 93.3 Å². The number of ether oxygens (including phenoxy) is 5. The van der Waals surface area contributed by atoms with Crippen LogP contribution in [-0.4, -0.2) is 226 Å². The molecule has 0 amide bonds. The Labute approximate surface area is 664 Å². The van der Waals surface area contributed by atoms with Gasteiger partial charge in [0.1, 0.15) is 85.2 Å². The molecule has 0 radical (unpaired) electrons. The summed E-state index contributed by atoms with van der Waals surface area (Å²) in [4.78, 5) is 84.5. The number of aliphatic hydroxyl groups is 6. The number of thioether (sulfide) groups is 2. The van der Waals surface area contributed by atoms with Crippen LogP contribution in [0.15, 0.2) is 73.2 Å². The van der Waals surface area contributed by atoms with E-state index >= 15 is 0 Å². The number of hydrogen-bond donors (Lipinski definition) is 15. The molecule has 634 valence electrons. The Morgan fingerprint density at radius 2 is 0.843 bits per heavy atom. The molecule has 2 unspecified atom stereocenters. The van der Waals surface area contributed by atoms with Crippen molar-refractivity contribution in [3.05, 3.63) is 90.3 Å². The van der Waals surface area contributed by atoms with Gasteiger partial charge in [0.05, 0.1) is 96.9 Å². The number of aromatic nitrogens is 6. The summed E-state index contributed by atoms with van der Waals surface area (Å²) in [5, 5.41) is 112. The van der Waals surface area contributed by atoms with E-state index in [0.29, 0.717) is 27.9 Å². The number of phosphoric acid groups is 4. The molecule has 16 atom stereocenters. The lowest BCUT2D eigenvalue weighted by atomic mass is 9.92. The summed E-state index contributed by atoms with van der Waals surface area (Å²) < 4.78 is 126. The number of carbonyl (C=O) groups is 4. The maximum absolute atomic E-state index is 13.7. The maximum atomic E-state index is 13.7. The summed E-state index contributed by atoms with van der Waals surface area (Å²) >= 11 is 2.02. The Morgan fingerprint density at radius 3 is 1.15 bits per heavy atom. The van der Waals surface area contributed by atoms with Crippen molar-refractivity contribution in [3.8, 4) is 18.2 Å². The lowest BCUT2D eigenvalue weighted by Gasteiger charge is -2.27. The quantitative estimate of drug-likeness (QED) is 0.0164. The van der Waals surface area contributed by atoms with Crippen LogP contribution in [0.25, 0.3) is 16.6 Å². The van der Waals surface area contributed by atoms with Gasteiger partial charge in [-0.3, -0.25) is 41.8 Å². The van der Waals surface area contributed by atoms with Crippen LogP contribution < -0.4 is 27.4 Å². The molecule has 45 nitrogen and oxygen atoms in total. The van der Waals surface area contributed by atoms with Gasteiger partial charge in [-0.15, -0.1) is 0 Å². The van der Waals surface area contributed by atoms with Crippen LogP contribution >= 0.6 is 62.5 Å². The van der Waals surface area contributed by atoms with Crippen LogP contribution in [-0.2, 0) is 114 Å². The smallest absolute Gasteiger partial charge is 0.465 e. The van der Waals surface area contributed by atoms with Crippen molar-refractivity contribution in [2.24, 2.45) is 10.8 Å². The fourth-order valence-corrected chi connectivity index (χ4v) is 18.9. The summed E-state index contributed by atoms with van der Waals surface area (Å²) in [6, 6.07) is 16.9. The van der Waals surface area contributed by atoms with E-state index in [0.717, 1.165) is 23.5 Å². The van der Waals surface area contributed by atoms with E-state index in [1.165, 1.54) is 76.3 Å². The fourth-order valence-electron chi connectivity index (χ4n) is 11.1. The summed E-state index contributed by atoms with van der Waals surface area (Å²) in [5.41, 5.74) is 12.8. The van der Waals surface area contributed by atoms with Gasteiger partial charge in [-0.2, -0.15) is 39.7 Å². The number of hydrogen-bond acceptors (Lipinski definition) is 38.